The minimum Gasteiger partial charge on any atom is -0.492 e. The van der Waals surface area contributed by atoms with Gasteiger partial charge in [-0.15, -0.1) is 0 Å². The zero-order valence-corrected chi connectivity index (χ0v) is 17.8. The summed E-state index contributed by atoms with van der Waals surface area (Å²) in [4.78, 5) is 25.2. The lowest BCUT2D eigenvalue weighted by Crippen LogP contribution is -2.37. The number of rotatable bonds is 5. The Bertz CT molecular complexity index is 1110. The maximum absolute atomic E-state index is 12.7. The van der Waals surface area contributed by atoms with Crippen molar-refractivity contribution in [3.05, 3.63) is 94.5 Å². The van der Waals surface area contributed by atoms with Gasteiger partial charge in [-0.25, -0.2) is 0 Å². The fraction of sp³-hybridized carbons (Fsp3) is 0.231. The van der Waals surface area contributed by atoms with Crippen molar-refractivity contribution in [3.8, 4) is 5.75 Å². The lowest BCUT2D eigenvalue weighted by atomic mass is 9.95. The second-order valence-corrected chi connectivity index (χ2v) is 8.00. The Morgan fingerprint density at radius 2 is 1.77 bits per heavy atom. The normalized spacial score (nSPS) is 14.8. The smallest absolute Gasteiger partial charge is 0.255 e. The molecule has 0 aliphatic carbocycles. The van der Waals surface area contributed by atoms with E-state index in [9.17, 15) is 9.59 Å². The molecule has 0 spiro atoms. The summed E-state index contributed by atoms with van der Waals surface area (Å²) < 4.78 is 5.82. The first-order valence-corrected chi connectivity index (χ1v) is 10.5. The fourth-order valence-electron chi connectivity index (χ4n) is 3.68. The highest BCUT2D eigenvalue weighted by molar-refractivity contribution is 6.04. The second-order valence-electron chi connectivity index (χ2n) is 8.00. The van der Waals surface area contributed by atoms with Gasteiger partial charge in [-0.1, -0.05) is 42.0 Å². The van der Waals surface area contributed by atoms with Gasteiger partial charge in [0.2, 0.25) is 5.91 Å². The molecule has 1 heterocycles. The Kier molecular flexibility index (Phi) is 6.03. The van der Waals surface area contributed by atoms with Gasteiger partial charge in [0.1, 0.15) is 12.4 Å². The molecule has 1 atom stereocenters. The van der Waals surface area contributed by atoms with Gasteiger partial charge in [0.25, 0.3) is 5.91 Å². The summed E-state index contributed by atoms with van der Waals surface area (Å²) in [6.45, 7) is 4.87. The fourth-order valence-corrected chi connectivity index (χ4v) is 3.68. The SMILES string of the molecule is Cc1ccc(C(=O)Nc2ccc3c(c2)C[C@@H](C(=O)NCc2ccccc2C)CO3)cc1. The van der Waals surface area contributed by atoms with Crippen molar-refractivity contribution in [2.45, 2.75) is 26.8 Å². The van der Waals surface area contributed by atoms with Crippen molar-refractivity contribution < 1.29 is 14.3 Å². The number of aryl methyl sites for hydroxylation is 2. The van der Waals surface area contributed by atoms with Gasteiger partial charge >= 0.3 is 0 Å². The van der Waals surface area contributed by atoms with Crippen molar-refractivity contribution in [2.75, 3.05) is 11.9 Å². The van der Waals surface area contributed by atoms with Gasteiger partial charge in [0.15, 0.2) is 0 Å². The third-order valence-corrected chi connectivity index (χ3v) is 5.62. The van der Waals surface area contributed by atoms with Crippen LogP contribution in [0.5, 0.6) is 5.75 Å². The van der Waals surface area contributed by atoms with Crippen molar-refractivity contribution in [2.24, 2.45) is 5.92 Å². The molecule has 1 aliphatic rings. The molecule has 3 aromatic rings. The minimum atomic E-state index is -0.264. The molecule has 0 saturated carbocycles. The third-order valence-electron chi connectivity index (χ3n) is 5.62. The largest absolute Gasteiger partial charge is 0.492 e. The van der Waals surface area contributed by atoms with Crippen LogP contribution in [-0.2, 0) is 17.8 Å². The van der Waals surface area contributed by atoms with Gasteiger partial charge < -0.3 is 15.4 Å². The summed E-state index contributed by atoms with van der Waals surface area (Å²) in [7, 11) is 0. The Labute approximate surface area is 182 Å². The molecular weight excluding hydrogens is 388 g/mol. The van der Waals surface area contributed by atoms with E-state index in [0.717, 1.165) is 28.0 Å². The highest BCUT2D eigenvalue weighted by Crippen LogP contribution is 2.30. The van der Waals surface area contributed by atoms with Crippen molar-refractivity contribution >= 4 is 17.5 Å². The quantitative estimate of drug-likeness (QED) is 0.649. The average molecular weight is 415 g/mol. The van der Waals surface area contributed by atoms with Crippen LogP contribution in [-0.4, -0.2) is 18.4 Å². The van der Waals surface area contributed by atoms with E-state index in [1.54, 1.807) is 12.1 Å². The second kappa shape index (κ2) is 9.04. The molecule has 0 radical (unpaired) electrons. The van der Waals surface area contributed by atoms with Gasteiger partial charge in [0, 0.05) is 17.8 Å². The first-order chi connectivity index (χ1) is 15.0. The molecule has 0 bridgehead atoms. The number of carbonyl (C=O) groups excluding carboxylic acids is 2. The number of hydrogen-bond acceptors (Lipinski definition) is 3. The molecule has 5 nitrogen and oxygen atoms in total. The molecule has 0 saturated heterocycles. The number of anilines is 1. The summed E-state index contributed by atoms with van der Waals surface area (Å²) in [5, 5.41) is 5.95. The number of carbonyl (C=O) groups is 2. The Morgan fingerprint density at radius 1 is 1.00 bits per heavy atom. The molecule has 0 fully saturated rings. The topological polar surface area (TPSA) is 67.4 Å². The Hall–Kier alpha value is -3.60. The minimum absolute atomic E-state index is 0.0250. The molecule has 0 aromatic heterocycles. The molecular formula is C26H26N2O3. The van der Waals surface area contributed by atoms with E-state index in [1.807, 2.05) is 68.4 Å². The first-order valence-electron chi connectivity index (χ1n) is 10.5. The van der Waals surface area contributed by atoms with Crippen LogP contribution in [0.3, 0.4) is 0 Å². The number of amides is 2. The zero-order valence-electron chi connectivity index (χ0n) is 17.8. The monoisotopic (exact) mass is 414 g/mol. The van der Waals surface area contributed by atoms with Gasteiger partial charge in [-0.2, -0.15) is 0 Å². The van der Waals surface area contributed by atoms with E-state index >= 15 is 0 Å². The Morgan fingerprint density at radius 3 is 2.55 bits per heavy atom. The van der Waals surface area contributed by atoms with Gasteiger partial charge in [0.05, 0.1) is 5.92 Å². The van der Waals surface area contributed by atoms with E-state index in [1.165, 1.54) is 0 Å². The van der Waals surface area contributed by atoms with Gasteiger partial charge in [-0.3, -0.25) is 9.59 Å². The Balaban J connectivity index is 1.40. The number of nitrogens with one attached hydrogen (secondary N) is 2. The van der Waals surface area contributed by atoms with Crippen LogP contribution in [0.25, 0.3) is 0 Å². The number of ether oxygens (including phenoxy) is 1. The van der Waals surface area contributed by atoms with Crippen molar-refractivity contribution in [3.63, 3.8) is 0 Å². The third kappa shape index (κ3) is 4.94. The van der Waals surface area contributed by atoms with E-state index in [2.05, 4.69) is 10.6 Å². The van der Waals surface area contributed by atoms with E-state index in [0.29, 0.717) is 30.8 Å². The molecule has 2 N–H and O–H groups in total. The van der Waals surface area contributed by atoms with E-state index in [4.69, 9.17) is 4.74 Å². The van der Waals surface area contributed by atoms with Crippen LogP contribution in [0, 0.1) is 19.8 Å². The number of fused-ring (bicyclic) bond motifs is 1. The summed E-state index contributed by atoms with van der Waals surface area (Å²) in [6.07, 6.45) is 0.573. The van der Waals surface area contributed by atoms with Crippen LogP contribution in [0.4, 0.5) is 5.69 Å². The highest BCUT2D eigenvalue weighted by Gasteiger charge is 2.26. The maximum Gasteiger partial charge on any atom is 0.255 e. The lowest BCUT2D eigenvalue weighted by Gasteiger charge is -2.25. The predicted octanol–water partition coefficient (Wildman–Crippen LogP) is 4.42. The molecule has 1 aliphatic heterocycles. The van der Waals surface area contributed by atoms with Gasteiger partial charge in [-0.05, 0) is 67.3 Å². The van der Waals surface area contributed by atoms with Crippen LogP contribution in [0.2, 0.25) is 0 Å². The van der Waals surface area contributed by atoms with E-state index in [-0.39, 0.29) is 17.7 Å². The number of benzene rings is 3. The molecule has 2 amide bonds. The van der Waals surface area contributed by atoms with Crippen LogP contribution in [0.15, 0.2) is 66.7 Å². The zero-order chi connectivity index (χ0) is 21.8. The molecule has 4 rings (SSSR count). The maximum atomic E-state index is 12.7. The summed E-state index contributed by atoms with van der Waals surface area (Å²) in [5.74, 6) is 0.308. The summed E-state index contributed by atoms with van der Waals surface area (Å²) in [6, 6.07) is 21.0. The van der Waals surface area contributed by atoms with Crippen molar-refractivity contribution in [1.29, 1.82) is 0 Å². The number of hydrogen-bond donors (Lipinski definition) is 2. The standard InChI is InChI=1S/C26H26N2O3/c1-17-7-9-19(10-8-17)26(30)28-23-11-12-24-21(14-23)13-22(16-31-24)25(29)27-15-20-6-4-3-5-18(20)2/h3-12,14,22H,13,15-16H2,1-2H3,(H,27,29)(H,28,30)/t22-/m1/s1. The highest BCUT2D eigenvalue weighted by atomic mass is 16.5. The van der Waals surface area contributed by atoms with Crippen LogP contribution in [0.1, 0.15) is 32.6 Å². The van der Waals surface area contributed by atoms with Crippen molar-refractivity contribution in [1.82, 2.24) is 5.32 Å². The first kappa shape index (κ1) is 20.7. The molecule has 31 heavy (non-hydrogen) atoms. The molecule has 0 unspecified atom stereocenters. The molecule has 3 aromatic carbocycles. The van der Waals surface area contributed by atoms with E-state index < -0.39 is 0 Å². The lowest BCUT2D eigenvalue weighted by molar-refractivity contribution is -0.126. The molecule has 158 valence electrons. The molecule has 5 heteroatoms. The predicted molar refractivity (Wildman–Crippen MR) is 121 cm³/mol. The van der Waals surface area contributed by atoms with Crippen LogP contribution < -0.4 is 15.4 Å². The summed E-state index contributed by atoms with van der Waals surface area (Å²) in [5.41, 5.74) is 5.58. The van der Waals surface area contributed by atoms with Crippen LogP contribution >= 0.6 is 0 Å². The average Bonchev–Trinajstić information content (AvgIpc) is 2.78. The summed E-state index contributed by atoms with van der Waals surface area (Å²) >= 11 is 0.